The third-order valence-electron chi connectivity index (χ3n) is 4.86. The topological polar surface area (TPSA) is 66.5 Å². The number of benzene rings is 2. The van der Waals surface area contributed by atoms with Gasteiger partial charge in [-0.15, -0.1) is 0 Å². The number of rotatable bonds is 5. The van der Waals surface area contributed by atoms with Crippen molar-refractivity contribution < 1.29 is 13.2 Å². The van der Waals surface area contributed by atoms with Crippen LogP contribution in [0.3, 0.4) is 0 Å². The monoisotopic (exact) mass is 406 g/mol. The van der Waals surface area contributed by atoms with Gasteiger partial charge in [-0.05, 0) is 49.6 Å². The molecule has 1 aliphatic rings. The Morgan fingerprint density at radius 1 is 1.15 bits per heavy atom. The fraction of sp³-hybridized carbons (Fsp3) is 0.350. The molecule has 2 aromatic rings. The lowest BCUT2D eigenvalue weighted by molar-refractivity contribution is -0.126. The quantitative estimate of drug-likeness (QED) is 0.824. The molecule has 0 spiro atoms. The van der Waals surface area contributed by atoms with Gasteiger partial charge in [-0.25, -0.2) is 8.42 Å². The van der Waals surface area contributed by atoms with Gasteiger partial charge in [0.2, 0.25) is 15.9 Å². The lowest BCUT2D eigenvalue weighted by atomic mass is 9.98. The van der Waals surface area contributed by atoms with Crippen molar-refractivity contribution in [2.24, 2.45) is 5.92 Å². The second-order valence-electron chi connectivity index (χ2n) is 6.80. The number of halogens is 1. The summed E-state index contributed by atoms with van der Waals surface area (Å²) in [4.78, 5) is 13.0. The molecule has 1 amide bonds. The number of nitrogens with one attached hydrogen (secondary N) is 1. The van der Waals surface area contributed by atoms with Crippen molar-refractivity contribution in [2.75, 3.05) is 13.1 Å². The smallest absolute Gasteiger partial charge is 0.243 e. The highest BCUT2D eigenvalue weighted by molar-refractivity contribution is 7.89. The largest absolute Gasteiger partial charge is 0.349 e. The van der Waals surface area contributed by atoms with E-state index >= 15 is 0 Å². The molecular formula is C20H23ClN2O3S. The maximum atomic E-state index is 12.8. The zero-order valence-electron chi connectivity index (χ0n) is 15.1. The minimum Gasteiger partial charge on any atom is -0.349 e. The van der Waals surface area contributed by atoms with Crippen LogP contribution in [0, 0.1) is 5.92 Å². The summed E-state index contributed by atoms with van der Waals surface area (Å²) in [6.45, 7) is 2.55. The Kier molecular flexibility index (Phi) is 6.19. The lowest BCUT2D eigenvalue weighted by Gasteiger charge is -2.32. The SMILES string of the molecule is CC(NC(=O)C1CCCN(S(=O)(=O)c2ccccc2)C1)c1ccc(Cl)cc1. The molecule has 2 unspecified atom stereocenters. The van der Waals surface area contributed by atoms with Crippen LogP contribution < -0.4 is 5.32 Å². The van der Waals surface area contributed by atoms with Gasteiger partial charge in [0, 0.05) is 18.1 Å². The van der Waals surface area contributed by atoms with Crippen LogP contribution in [0.2, 0.25) is 5.02 Å². The molecule has 3 rings (SSSR count). The molecule has 0 radical (unpaired) electrons. The molecule has 0 aromatic heterocycles. The van der Waals surface area contributed by atoms with E-state index in [1.165, 1.54) is 4.31 Å². The fourth-order valence-corrected chi connectivity index (χ4v) is 4.95. The van der Waals surface area contributed by atoms with E-state index in [9.17, 15) is 13.2 Å². The third kappa shape index (κ3) is 4.69. The van der Waals surface area contributed by atoms with E-state index in [4.69, 9.17) is 11.6 Å². The van der Waals surface area contributed by atoms with E-state index in [1.54, 1.807) is 42.5 Å². The van der Waals surface area contributed by atoms with Crippen LogP contribution in [0.4, 0.5) is 0 Å². The minimum absolute atomic E-state index is 0.120. The van der Waals surface area contributed by atoms with Crippen LogP contribution in [0.1, 0.15) is 31.4 Å². The van der Waals surface area contributed by atoms with Gasteiger partial charge in [0.25, 0.3) is 0 Å². The Bertz CT molecular complexity index is 885. The van der Waals surface area contributed by atoms with Gasteiger partial charge < -0.3 is 5.32 Å². The number of hydrogen-bond acceptors (Lipinski definition) is 3. The molecule has 0 bridgehead atoms. The number of carbonyl (C=O) groups is 1. The number of carbonyl (C=O) groups excluding carboxylic acids is 1. The zero-order chi connectivity index (χ0) is 19.4. The minimum atomic E-state index is -3.58. The lowest BCUT2D eigenvalue weighted by Crippen LogP contribution is -2.45. The molecule has 1 fully saturated rings. The summed E-state index contributed by atoms with van der Waals surface area (Å²) in [6, 6.07) is 15.5. The van der Waals surface area contributed by atoms with Crippen LogP contribution in [-0.4, -0.2) is 31.7 Å². The molecular weight excluding hydrogens is 384 g/mol. The summed E-state index contributed by atoms with van der Waals surface area (Å²) in [7, 11) is -3.58. The van der Waals surface area contributed by atoms with Crippen molar-refractivity contribution in [3.8, 4) is 0 Å². The van der Waals surface area contributed by atoms with Crippen LogP contribution in [0.25, 0.3) is 0 Å². The van der Waals surface area contributed by atoms with Crippen molar-refractivity contribution in [1.29, 1.82) is 0 Å². The molecule has 0 saturated carbocycles. The Hall–Kier alpha value is -1.89. The second kappa shape index (κ2) is 8.42. The first-order valence-electron chi connectivity index (χ1n) is 8.99. The standard InChI is InChI=1S/C20H23ClN2O3S/c1-15(16-9-11-18(21)12-10-16)22-20(24)17-6-5-13-23(14-17)27(25,26)19-7-3-2-4-8-19/h2-4,7-12,15,17H,5-6,13-14H2,1H3,(H,22,24). The van der Waals surface area contributed by atoms with E-state index in [1.807, 2.05) is 19.1 Å². The molecule has 27 heavy (non-hydrogen) atoms. The first kappa shape index (κ1) is 19.9. The van der Waals surface area contributed by atoms with Gasteiger partial charge in [-0.3, -0.25) is 4.79 Å². The average Bonchev–Trinajstić information content (AvgIpc) is 2.69. The normalized spacial score (nSPS) is 19.4. The Balaban J connectivity index is 1.67. The fourth-order valence-electron chi connectivity index (χ4n) is 3.28. The van der Waals surface area contributed by atoms with Gasteiger partial charge in [-0.1, -0.05) is 41.9 Å². The molecule has 7 heteroatoms. The van der Waals surface area contributed by atoms with Crippen LogP contribution >= 0.6 is 11.6 Å². The molecule has 1 aliphatic heterocycles. The number of sulfonamides is 1. The molecule has 1 heterocycles. The molecule has 2 aromatic carbocycles. The number of piperidine rings is 1. The van der Waals surface area contributed by atoms with Gasteiger partial charge in [0.05, 0.1) is 16.9 Å². The summed E-state index contributed by atoms with van der Waals surface area (Å²) in [5, 5.41) is 3.64. The first-order valence-corrected chi connectivity index (χ1v) is 10.8. The zero-order valence-corrected chi connectivity index (χ0v) is 16.7. The summed E-state index contributed by atoms with van der Waals surface area (Å²) < 4.78 is 27.0. The molecule has 144 valence electrons. The molecule has 1 N–H and O–H groups in total. The molecule has 5 nitrogen and oxygen atoms in total. The van der Waals surface area contributed by atoms with Crippen LogP contribution in [0.15, 0.2) is 59.5 Å². The second-order valence-corrected chi connectivity index (χ2v) is 9.17. The van der Waals surface area contributed by atoms with Gasteiger partial charge in [-0.2, -0.15) is 4.31 Å². The molecule has 2 atom stereocenters. The summed E-state index contributed by atoms with van der Waals surface area (Å²) in [5.74, 6) is -0.475. The predicted octanol–water partition coefficient (Wildman–Crippen LogP) is 3.62. The van der Waals surface area contributed by atoms with Crippen molar-refractivity contribution in [3.63, 3.8) is 0 Å². The predicted molar refractivity (Wildman–Crippen MR) is 106 cm³/mol. The Labute approximate surface area is 165 Å². The maximum Gasteiger partial charge on any atom is 0.243 e. The first-order chi connectivity index (χ1) is 12.9. The van der Waals surface area contributed by atoms with Crippen LogP contribution in [-0.2, 0) is 14.8 Å². The van der Waals surface area contributed by atoms with Crippen molar-refractivity contribution in [3.05, 3.63) is 65.2 Å². The van der Waals surface area contributed by atoms with E-state index < -0.39 is 10.0 Å². The molecule has 0 aliphatic carbocycles. The number of nitrogens with zero attached hydrogens (tertiary/aromatic N) is 1. The van der Waals surface area contributed by atoms with Crippen LogP contribution in [0.5, 0.6) is 0 Å². The van der Waals surface area contributed by atoms with Crippen molar-refractivity contribution >= 4 is 27.5 Å². The summed E-state index contributed by atoms with van der Waals surface area (Å²) in [6.07, 6.45) is 1.35. The summed E-state index contributed by atoms with van der Waals surface area (Å²) in [5.41, 5.74) is 0.956. The van der Waals surface area contributed by atoms with Crippen molar-refractivity contribution in [2.45, 2.75) is 30.7 Å². The van der Waals surface area contributed by atoms with Crippen molar-refractivity contribution in [1.82, 2.24) is 9.62 Å². The average molecular weight is 407 g/mol. The van der Waals surface area contributed by atoms with E-state index in [0.29, 0.717) is 24.4 Å². The van der Waals surface area contributed by atoms with E-state index in [-0.39, 0.29) is 29.3 Å². The number of amides is 1. The highest BCUT2D eigenvalue weighted by Crippen LogP contribution is 2.25. The third-order valence-corrected chi connectivity index (χ3v) is 7.00. The molecule has 1 saturated heterocycles. The Morgan fingerprint density at radius 3 is 2.48 bits per heavy atom. The Morgan fingerprint density at radius 2 is 1.81 bits per heavy atom. The highest BCUT2D eigenvalue weighted by Gasteiger charge is 2.33. The van der Waals surface area contributed by atoms with E-state index in [2.05, 4.69) is 5.32 Å². The van der Waals surface area contributed by atoms with E-state index in [0.717, 1.165) is 5.56 Å². The highest BCUT2D eigenvalue weighted by atomic mass is 35.5. The number of hydrogen-bond donors (Lipinski definition) is 1. The van der Waals surface area contributed by atoms with Gasteiger partial charge >= 0.3 is 0 Å². The summed E-state index contributed by atoms with van der Waals surface area (Å²) >= 11 is 5.90. The van der Waals surface area contributed by atoms with Gasteiger partial charge in [0.15, 0.2) is 0 Å². The maximum absolute atomic E-state index is 12.8. The van der Waals surface area contributed by atoms with Gasteiger partial charge in [0.1, 0.15) is 0 Å².